The fourth-order valence-corrected chi connectivity index (χ4v) is 1.94. The summed E-state index contributed by atoms with van der Waals surface area (Å²) in [5.41, 5.74) is 1.80. The zero-order chi connectivity index (χ0) is 12.7. The minimum absolute atomic E-state index is 0.307. The van der Waals surface area contributed by atoms with Gasteiger partial charge in [-0.25, -0.2) is 4.79 Å². The first-order chi connectivity index (χ1) is 8.63. The van der Waals surface area contributed by atoms with Crippen LogP contribution in [0.15, 0.2) is 27.4 Å². The number of benzene rings is 1. The number of carbonyl (C=O) groups is 2. The highest BCUT2D eigenvalue weighted by Gasteiger charge is 2.26. The molecule has 3 rings (SSSR count). The van der Waals surface area contributed by atoms with E-state index in [1.807, 2.05) is 0 Å². The fourth-order valence-electron chi connectivity index (χ4n) is 1.94. The van der Waals surface area contributed by atoms with Gasteiger partial charge in [0.25, 0.3) is 0 Å². The van der Waals surface area contributed by atoms with E-state index in [1.54, 1.807) is 18.2 Å². The molecule has 7 nitrogen and oxygen atoms in total. The summed E-state index contributed by atoms with van der Waals surface area (Å²) < 4.78 is 4.88. The van der Waals surface area contributed by atoms with Crippen molar-refractivity contribution >= 4 is 22.9 Å². The molecule has 0 aliphatic carbocycles. The summed E-state index contributed by atoms with van der Waals surface area (Å²) in [7, 11) is 0. The quantitative estimate of drug-likeness (QED) is 0.586. The van der Waals surface area contributed by atoms with E-state index < -0.39 is 17.6 Å². The maximum Gasteiger partial charge on any atom is 0.417 e. The van der Waals surface area contributed by atoms with Gasteiger partial charge >= 0.3 is 17.6 Å². The van der Waals surface area contributed by atoms with E-state index in [0.29, 0.717) is 17.6 Å². The van der Waals surface area contributed by atoms with Gasteiger partial charge in [0.2, 0.25) is 0 Å². The first-order valence-electron chi connectivity index (χ1n) is 5.35. The number of oxazole rings is 1. The Morgan fingerprint density at radius 3 is 2.78 bits per heavy atom. The Morgan fingerprint density at radius 2 is 2.00 bits per heavy atom. The molecular formula is C11H9N3O4. The highest BCUT2D eigenvalue weighted by Crippen LogP contribution is 2.19. The molecule has 18 heavy (non-hydrogen) atoms. The zero-order valence-corrected chi connectivity index (χ0v) is 9.15. The van der Waals surface area contributed by atoms with Gasteiger partial charge in [-0.2, -0.15) is 0 Å². The molecule has 3 N–H and O–H groups in total. The molecule has 2 heterocycles. The molecule has 0 bridgehead atoms. The van der Waals surface area contributed by atoms with Crippen LogP contribution in [0.25, 0.3) is 11.1 Å². The molecule has 1 saturated heterocycles. The number of nitrogens with one attached hydrogen (secondary N) is 3. The number of amides is 2. The van der Waals surface area contributed by atoms with E-state index in [9.17, 15) is 14.4 Å². The molecule has 0 radical (unpaired) electrons. The predicted molar refractivity (Wildman–Crippen MR) is 60.7 cm³/mol. The summed E-state index contributed by atoms with van der Waals surface area (Å²) >= 11 is 0. The monoisotopic (exact) mass is 247 g/mol. The first-order valence-corrected chi connectivity index (χ1v) is 5.35. The van der Waals surface area contributed by atoms with Crippen LogP contribution in [0.1, 0.15) is 11.6 Å². The number of H-pyrrole nitrogens is 1. The highest BCUT2D eigenvalue weighted by molar-refractivity contribution is 6.35. The van der Waals surface area contributed by atoms with Crippen LogP contribution in [-0.2, 0) is 9.59 Å². The molecule has 92 valence electrons. The van der Waals surface area contributed by atoms with Crippen LogP contribution in [0, 0.1) is 0 Å². The number of hydrogen-bond acceptors (Lipinski definition) is 4. The smallest absolute Gasteiger partial charge is 0.408 e. The molecule has 2 amide bonds. The van der Waals surface area contributed by atoms with Gasteiger partial charge in [-0.3, -0.25) is 14.6 Å². The van der Waals surface area contributed by atoms with E-state index >= 15 is 0 Å². The average molecular weight is 247 g/mol. The average Bonchev–Trinajstić information content (AvgIpc) is 2.71. The Hall–Kier alpha value is -2.57. The SMILES string of the molecule is O=C1NCC(c2ccc3oc(=O)[nH]c3c2)NC1=O. The molecule has 0 saturated carbocycles. The summed E-state index contributed by atoms with van der Waals surface area (Å²) in [5.74, 6) is -1.82. The molecule has 1 aromatic heterocycles. The van der Waals surface area contributed by atoms with Crippen molar-refractivity contribution < 1.29 is 14.0 Å². The largest absolute Gasteiger partial charge is 0.417 e. The Balaban J connectivity index is 1.96. The van der Waals surface area contributed by atoms with Crippen LogP contribution in [0.4, 0.5) is 0 Å². The Bertz CT molecular complexity index is 700. The number of aromatic amines is 1. The summed E-state index contributed by atoms with van der Waals surface area (Å²) in [6, 6.07) is 4.79. The number of carbonyl (C=O) groups excluding carboxylic acids is 2. The van der Waals surface area contributed by atoms with Crippen LogP contribution >= 0.6 is 0 Å². The molecule has 1 aromatic carbocycles. The molecule has 2 aromatic rings. The Morgan fingerprint density at radius 1 is 1.17 bits per heavy atom. The van der Waals surface area contributed by atoms with Crippen LogP contribution in [0.5, 0.6) is 0 Å². The van der Waals surface area contributed by atoms with Gasteiger partial charge in [-0.15, -0.1) is 0 Å². The Labute approximate surface area is 100 Å². The molecular weight excluding hydrogens is 238 g/mol. The summed E-state index contributed by atoms with van der Waals surface area (Å²) in [5, 5.41) is 5.07. The van der Waals surface area contributed by atoms with Crippen LogP contribution in [0.2, 0.25) is 0 Å². The van der Waals surface area contributed by atoms with Crippen LogP contribution < -0.4 is 16.4 Å². The van der Waals surface area contributed by atoms with E-state index in [1.165, 1.54) is 0 Å². The molecule has 1 unspecified atom stereocenters. The van der Waals surface area contributed by atoms with Crippen molar-refractivity contribution in [2.45, 2.75) is 6.04 Å². The van der Waals surface area contributed by atoms with Crippen molar-refractivity contribution in [3.8, 4) is 0 Å². The Kier molecular flexibility index (Phi) is 2.19. The van der Waals surface area contributed by atoms with Crippen molar-refractivity contribution in [3.63, 3.8) is 0 Å². The topological polar surface area (TPSA) is 104 Å². The van der Waals surface area contributed by atoms with Crippen molar-refractivity contribution in [1.82, 2.24) is 15.6 Å². The van der Waals surface area contributed by atoms with E-state index in [0.717, 1.165) is 5.56 Å². The van der Waals surface area contributed by atoms with Gasteiger partial charge in [0, 0.05) is 6.54 Å². The summed E-state index contributed by atoms with van der Waals surface area (Å²) in [6.45, 7) is 0.318. The zero-order valence-electron chi connectivity index (χ0n) is 9.15. The number of hydrogen-bond donors (Lipinski definition) is 3. The van der Waals surface area contributed by atoms with Crippen LogP contribution in [-0.4, -0.2) is 23.3 Å². The lowest BCUT2D eigenvalue weighted by atomic mass is 10.0. The summed E-state index contributed by atoms with van der Waals surface area (Å²) in [4.78, 5) is 35.8. The molecule has 1 aliphatic heterocycles. The van der Waals surface area contributed by atoms with Crippen molar-refractivity contribution in [1.29, 1.82) is 0 Å². The van der Waals surface area contributed by atoms with Crippen LogP contribution in [0.3, 0.4) is 0 Å². The predicted octanol–water partition coefficient (Wildman–Crippen LogP) is -0.592. The van der Waals surface area contributed by atoms with Crippen molar-refractivity contribution in [2.24, 2.45) is 0 Å². The first kappa shape index (κ1) is 10.6. The fraction of sp³-hybridized carbons (Fsp3) is 0.182. The minimum Gasteiger partial charge on any atom is -0.408 e. The molecule has 0 spiro atoms. The van der Waals surface area contributed by atoms with Crippen molar-refractivity contribution in [3.05, 3.63) is 34.3 Å². The normalized spacial score (nSPS) is 19.7. The summed E-state index contributed by atoms with van der Waals surface area (Å²) in [6.07, 6.45) is 0. The lowest BCUT2D eigenvalue weighted by Gasteiger charge is -2.23. The second-order valence-corrected chi connectivity index (χ2v) is 4.01. The van der Waals surface area contributed by atoms with Gasteiger partial charge in [0.1, 0.15) is 0 Å². The molecule has 1 fully saturated rings. The van der Waals surface area contributed by atoms with Gasteiger partial charge < -0.3 is 15.1 Å². The lowest BCUT2D eigenvalue weighted by Crippen LogP contribution is -2.51. The second kappa shape index (κ2) is 3.73. The molecule has 7 heteroatoms. The number of piperazine rings is 1. The second-order valence-electron chi connectivity index (χ2n) is 4.01. The lowest BCUT2D eigenvalue weighted by molar-refractivity contribution is -0.141. The third kappa shape index (κ3) is 1.65. The highest BCUT2D eigenvalue weighted by atomic mass is 16.4. The molecule has 1 aliphatic rings. The third-order valence-electron chi connectivity index (χ3n) is 2.82. The number of fused-ring (bicyclic) bond motifs is 1. The van der Waals surface area contributed by atoms with E-state index in [2.05, 4.69) is 15.6 Å². The third-order valence-corrected chi connectivity index (χ3v) is 2.82. The maximum absolute atomic E-state index is 11.2. The van der Waals surface area contributed by atoms with Gasteiger partial charge in [-0.1, -0.05) is 6.07 Å². The van der Waals surface area contributed by atoms with Gasteiger partial charge in [0.05, 0.1) is 11.6 Å². The standard InChI is InChI=1S/C11H9N3O4/c15-9-10(16)13-7(4-12-9)5-1-2-8-6(3-5)14-11(17)18-8/h1-3,7H,4H2,(H,12,15)(H,13,16)(H,14,17). The van der Waals surface area contributed by atoms with Crippen molar-refractivity contribution in [2.75, 3.05) is 6.54 Å². The van der Waals surface area contributed by atoms with Gasteiger partial charge in [0.15, 0.2) is 5.58 Å². The maximum atomic E-state index is 11.2. The van der Waals surface area contributed by atoms with E-state index in [4.69, 9.17) is 4.42 Å². The van der Waals surface area contributed by atoms with E-state index in [-0.39, 0.29) is 6.04 Å². The van der Waals surface area contributed by atoms with Gasteiger partial charge in [-0.05, 0) is 17.7 Å². The number of rotatable bonds is 1. The number of aromatic nitrogens is 1. The minimum atomic E-state index is -0.660. The molecule has 1 atom stereocenters.